The van der Waals surface area contributed by atoms with E-state index in [1.54, 1.807) is 9.47 Å². The lowest BCUT2D eigenvalue weighted by Crippen LogP contribution is -2.31. The summed E-state index contributed by atoms with van der Waals surface area (Å²) in [7, 11) is -3.78. The zero-order valence-electron chi connectivity index (χ0n) is 12.4. The Balaban J connectivity index is 1.94. The van der Waals surface area contributed by atoms with Gasteiger partial charge in [0.15, 0.2) is 0 Å². The standard InChI is InChI=1S/C14H21N3O3S/c1-14(2)5-6-16(9-14)13(18)12-7-11(21(15,19)20)8-17(12)10-3-4-10/h7-8,10H,3-6,9H2,1-2H3,(H2,15,19,20). The fraction of sp³-hybridized carbons (Fsp3) is 0.643. The minimum Gasteiger partial charge on any atom is -0.339 e. The fourth-order valence-corrected chi connectivity index (χ4v) is 3.42. The number of rotatable bonds is 3. The molecule has 7 heteroatoms. The molecule has 21 heavy (non-hydrogen) atoms. The minimum absolute atomic E-state index is 0.0243. The smallest absolute Gasteiger partial charge is 0.270 e. The van der Waals surface area contributed by atoms with Crippen molar-refractivity contribution in [2.45, 2.75) is 44.0 Å². The number of primary sulfonamides is 1. The number of carbonyl (C=O) groups excluding carboxylic acids is 1. The summed E-state index contributed by atoms with van der Waals surface area (Å²) < 4.78 is 24.8. The van der Waals surface area contributed by atoms with Crippen molar-refractivity contribution in [2.75, 3.05) is 13.1 Å². The van der Waals surface area contributed by atoms with Crippen molar-refractivity contribution in [1.82, 2.24) is 9.47 Å². The second-order valence-corrected chi connectivity index (χ2v) is 8.45. The molecular weight excluding hydrogens is 290 g/mol. The molecule has 1 saturated carbocycles. The molecule has 0 spiro atoms. The monoisotopic (exact) mass is 311 g/mol. The van der Waals surface area contributed by atoms with Gasteiger partial charge < -0.3 is 9.47 Å². The fourth-order valence-electron chi connectivity index (χ4n) is 2.88. The van der Waals surface area contributed by atoms with E-state index in [0.717, 1.165) is 19.3 Å². The Morgan fingerprint density at radius 2 is 2.05 bits per heavy atom. The quantitative estimate of drug-likeness (QED) is 0.914. The zero-order chi connectivity index (χ0) is 15.4. The largest absolute Gasteiger partial charge is 0.339 e. The first kappa shape index (κ1) is 14.6. The lowest BCUT2D eigenvalue weighted by atomic mass is 9.93. The molecule has 1 aromatic heterocycles. The number of hydrogen-bond acceptors (Lipinski definition) is 3. The first-order valence-corrected chi connectivity index (χ1v) is 8.76. The summed E-state index contributed by atoms with van der Waals surface area (Å²) >= 11 is 0. The van der Waals surface area contributed by atoms with Crippen molar-refractivity contribution in [3.05, 3.63) is 18.0 Å². The summed E-state index contributed by atoms with van der Waals surface area (Å²) in [6.45, 7) is 5.69. The van der Waals surface area contributed by atoms with Crippen LogP contribution in [0.2, 0.25) is 0 Å². The van der Waals surface area contributed by atoms with Crippen LogP contribution in [-0.4, -0.2) is 36.9 Å². The second-order valence-electron chi connectivity index (χ2n) is 6.89. The van der Waals surface area contributed by atoms with E-state index in [-0.39, 0.29) is 22.3 Å². The molecule has 116 valence electrons. The molecular formula is C14H21N3O3S. The maximum absolute atomic E-state index is 12.7. The van der Waals surface area contributed by atoms with Crippen LogP contribution >= 0.6 is 0 Å². The van der Waals surface area contributed by atoms with Crippen LogP contribution < -0.4 is 5.14 Å². The number of amides is 1. The molecule has 0 unspecified atom stereocenters. The van der Waals surface area contributed by atoms with Crippen molar-refractivity contribution >= 4 is 15.9 Å². The molecule has 2 heterocycles. The highest BCUT2D eigenvalue weighted by atomic mass is 32.2. The molecule has 1 amide bonds. The molecule has 1 saturated heterocycles. The summed E-state index contributed by atoms with van der Waals surface area (Å²) in [5.74, 6) is -0.0950. The van der Waals surface area contributed by atoms with Crippen LogP contribution in [0.1, 0.15) is 49.6 Å². The highest BCUT2D eigenvalue weighted by Gasteiger charge is 2.36. The summed E-state index contributed by atoms with van der Waals surface area (Å²) in [6.07, 6.45) is 4.42. The molecule has 0 aromatic carbocycles. The predicted molar refractivity (Wildman–Crippen MR) is 78.4 cm³/mol. The molecule has 1 aromatic rings. The third-order valence-electron chi connectivity index (χ3n) is 4.28. The van der Waals surface area contributed by atoms with Gasteiger partial charge in [0.1, 0.15) is 10.6 Å². The van der Waals surface area contributed by atoms with Crippen LogP contribution in [0.4, 0.5) is 0 Å². The van der Waals surface area contributed by atoms with Crippen molar-refractivity contribution in [1.29, 1.82) is 0 Å². The number of likely N-dealkylation sites (tertiary alicyclic amines) is 1. The van der Waals surface area contributed by atoms with Crippen LogP contribution in [0.15, 0.2) is 17.2 Å². The average molecular weight is 311 g/mol. The SMILES string of the molecule is CC1(C)CCN(C(=O)c2cc(S(N)(=O)=O)cn2C2CC2)C1. The van der Waals surface area contributed by atoms with Crippen molar-refractivity contribution in [3.8, 4) is 0 Å². The number of aromatic nitrogens is 1. The van der Waals surface area contributed by atoms with Gasteiger partial charge in [-0.2, -0.15) is 0 Å². The van der Waals surface area contributed by atoms with Gasteiger partial charge >= 0.3 is 0 Å². The molecule has 0 radical (unpaired) electrons. The average Bonchev–Trinajstić information content (AvgIpc) is 2.99. The van der Waals surface area contributed by atoms with Crippen molar-refractivity contribution in [2.24, 2.45) is 10.6 Å². The van der Waals surface area contributed by atoms with Gasteiger partial charge in [-0.15, -0.1) is 0 Å². The highest BCUT2D eigenvalue weighted by molar-refractivity contribution is 7.89. The zero-order valence-corrected chi connectivity index (χ0v) is 13.2. The molecule has 2 fully saturated rings. The lowest BCUT2D eigenvalue weighted by molar-refractivity contribution is 0.0767. The summed E-state index contributed by atoms with van der Waals surface area (Å²) in [5.41, 5.74) is 0.564. The number of carbonyl (C=O) groups is 1. The Labute approximate surface area is 125 Å². The van der Waals surface area contributed by atoms with E-state index >= 15 is 0 Å². The Morgan fingerprint density at radius 3 is 2.52 bits per heavy atom. The van der Waals surface area contributed by atoms with E-state index in [1.807, 2.05) is 0 Å². The third-order valence-corrected chi connectivity index (χ3v) is 5.16. The van der Waals surface area contributed by atoms with E-state index in [0.29, 0.717) is 18.8 Å². The molecule has 1 aliphatic carbocycles. The minimum atomic E-state index is -3.78. The Bertz CT molecular complexity index is 686. The molecule has 0 bridgehead atoms. The number of hydrogen-bond donors (Lipinski definition) is 1. The summed E-state index contributed by atoms with van der Waals surface area (Å²) in [6, 6.07) is 1.65. The van der Waals surface area contributed by atoms with E-state index in [2.05, 4.69) is 13.8 Å². The molecule has 6 nitrogen and oxygen atoms in total. The van der Waals surface area contributed by atoms with Gasteiger partial charge in [-0.05, 0) is 30.7 Å². The molecule has 1 aliphatic heterocycles. The van der Waals surface area contributed by atoms with Gasteiger partial charge in [0, 0.05) is 25.3 Å². The topological polar surface area (TPSA) is 85.4 Å². The van der Waals surface area contributed by atoms with E-state index in [1.165, 1.54) is 12.3 Å². The summed E-state index contributed by atoms with van der Waals surface area (Å²) in [5, 5.41) is 5.19. The van der Waals surface area contributed by atoms with Crippen LogP contribution in [0, 0.1) is 5.41 Å². The maximum atomic E-state index is 12.7. The number of sulfonamides is 1. The van der Waals surface area contributed by atoms with Gasteiger partial charge in [-0.3, -0.25) is 4.79 Å². The third kappa shape index (κ3) is 2.85. The van der Waals surface area contributed by atoms with Gasteiger partial charge in [-0.25, -0.2) is 13.6 Å². The maximum Gasteiger partial charge on any atom is 0.270 e. The van der Waals surface area contributed by atoms with E-state index in [4.69, 9.17) is 5.14 Å². The number of nitrogens with zero attached hydrogens (tertiary/aromatic N) is 2. The van der Waals surface area contributed by atoms with Gasteiger partial charge in [0.2, 0.25) is 10.0 Å². The van der Waals surface area contributed by atoms with Gasteiger partial charge in [0.05, 0.1) is 0 Å². The van der Waals surface area contributed by atoms with Crippen LogP contribution in [0.3, 0.4) is 0 Å². The first-order chi connectivity index (χ1) is 9.67. The highest BCUT2D eigenvalue weighted by Crippen LogP contribution is 2.38. The van der Waals surface area contributed by atoms with E-state index < -0.39 is 10.0 Å². The van der Waals surface area contributed by atoms with Crippen LogP contribution in [-0.2, 0) is 10.0 Å². The van der Waals surface area contributed by atoms with E-state index in [9.17, 15) is 13.2 Å². The van der Waals surface area contributed by atoms with Crippen molar-refractivity contribution < 1.29 is 13.2 Å². The molecule has 2 aliphatic rings. The Morgan fingerprint density at radius 1 is 1.38 bits per heavy atom. The van der Waals surface area contributed by atoms with Gasteiger partial charge in [-0.1, -0.05) is 13.8 Å². The Kier molecular flexibility index (Phi) is 3.18. The summed E-state index contributed by atoms with van der Waals surface area (Å²) in [4.78, 5) is 14.5. The normalized spacial score (nSPS) is 21.8. The van der Waals surface area contributed by atoms with Crippen LogP contribution in [0.5, 0.6) is 0 Å². The van der Waals surface area contributed by atoms with Crippen molar-refractivity contribution in [3.63, 3.8) is 0 Å². The lowest BCUT2D eigenvalue weighted by Gasteiger charge is -2.20. The Hall–Kier alpha value is -1.34. The van der Waals surface area contributed by atoms with Gasteiger partial charge in [0.25, 0.3) is 5.91 Å². The first-order valence-electron chi connectivity index (χ1n) is 7.21. The predicted octanol–water partition coefficient (Wildman–Crippen LogP) is 1.34. The molecule has 3 rings (SSSR count). The number of nitrogens with two attached hydrogens (primary N) is 1. The second kappa shape index (κ2) is 4.58. The van der Waals surface area contributed by atoms with Crippen LogP contribution in [0.25, 0.3) is 0 Å². The molecule has 0 atom stereocenters. The molecule has 2 N–H and O–H groups in total.